The van der Waals surface area contributed by atoms with Crippen LogP contribution in [-0.4, -0.2) is 61.8 Å². The van der Waals surface area contributed by atoms with Crippen molar-refractivity contribution < 1.29 is 14.3 Å². The summed E-state index contributed by atoms with van der Waals surface area (Å²) in [6.45, 7) is 5.76. The Morgan fingerprint density at radius 3 is 2.31 bits per heavy atom. The summed E-state index contributed by atoms with van der Waals surface area (Å²) in [4.78, 5) is 17.0. The Hall–Kier alpha value is -2.87. The molecule has 1 fully saturated rings. The summed E-state index contributed by atoms with van der Waals surface area (Å²) >= 11 is 0. The first-order valence-electron chi connectivity index (χ1n) is 11.4. The van der Waals surface area contributed by atoms with E-state index in [1.807, 2.05) is 66.3 Å². The lowest BCUT2D eigenvalue weighted by molar-refractivity contribution is 0.0939. The van der Waals surface area contributed by atoms with Gasteiger partial charge in [0.2, 0.25) is 0 Å². The predicted octanol–water partition coefficient (Wildman–Crippen LogP) is 4.01. The zero-order valence-electron chi connectivity index (χ0n) is 20.2. The van der Waals surface area contributed by atoms with E-state index in [-0.39, 0.29) is 30.7 Å². The van der Waals surface area contributed by atoms with Crippen LogP contribution in [0.5, 0.6) is 11.5 Å². The van der Waals surface area contributed by atoms with Crippen molar-refractivity contribution in [1.29, 1.82) is 0 Å². The van der Waals surface area contributed by atoms with Crippen molar-refractivity contribution >= 4 is 36.4 Å². The zero-order valence-corrected chi connectivity index (χ0v) is 21.8. The minimum atomic E-state index is -0.0240. The third-order valence-corrected chi connectivity index (χ3v) is 6.02. The number of hydrogen-bond acceptors (Lipinski definition) is 5. The molecular weight excluding hydrogens is 487 g/mol. The van der Waals surface area contributed by atoms with Gasteiger partial charge in [0.25, 0.3) is 5.91 Å². The van der Waals surface area contributed by atoms with Crippen LogP contribution in [-0.2, 0) is 13.7 Å². The molecule has 0 unspecified atom stereocenters. The molecule has 1 aliphatic rings. The lowest BCUT2D eigenvalue weighted by atomic mass is 10.2. The molecule has 35 heavy (non-hydrogen) atoms. The summed E-state index contributed by atoms with van der Waals surface area (Å²) in [6.07, 6.45) is 1.88. The Morgan fingerprint density at radius 1 is 0.943 bits per heavy atom. The minimum absolute atomic E-state index is 0. The van der Waals surface area contributed by atoms with E-state index in [1.165, 1.54) is 0 Å². The van der Waals surface area contributed by atoms with Gasteiger partial charge in [0.1, 0.15) is 23.8 Å². The maximum Gasteiger partial charge on any atom is 0.267 e. The Labute approximate surface area is 219 Å². The molecule has 1 aliphatic heterocycles. The number of amides is 1. The van der Waals surface area contributed by atoms with Crippen LogP contribution in [0.3, 0.4) is 0 Å². The average Bonchev–Trinajstić information content (AvgIpc) is 3.29. The van der Waals surface area contributed by atoms with Crippen LogP contribution in [0.1, 0.15) is 16.1 Å². The molecule has 4 rings (SSSR count). The third-order valence-electron chi connectivity index (χ3n) is 6.02. The fourth-order valence-corrected chi connectivity index (χ4v) is 4.05. The molecule has 0 spiro atoms. The lowest BCUT2D eigenvalue weighted by Gasteiger charge is -2.36. The molecule has 3 aromatic rings. The molecule has 190 valence electrons. The Morgan fingerprint density at radius 2 is 1.66 bits per heavy atom. The second kappa shape index (κ2) is 13.9. The topological polar surface area (TPSA) is 59.0 Å². The molecule has 1 saturated heterocycles. The van der Waals surface area contributed by atoms with Crippen LogP contribution >= 0.6 is 24.8 Å². The van der Waals surface area contributed by atoms with Gasteiger partial charge in [-0.05, 0) is 42.0 Å². The SMILES string of the molecule is COc1ccc(COc2ccccc2N2CCN(CCNC(=O)c3cccn3C)CC2)cc1.Cl.Cl. The summed E-state index contributed by atoms with van der Waals surface area (Å²) in [5, 5.41) is 3.02. The predicted molar refractivity (Wildman–Crippen MR) is 145 cm³/mol. The van der Waals surface area contributed by atoms with E-state index in [4.69, 9.17) is 9.47 Å². The summed E-state index contributed by atoms with van der Waals surface area (Å²) < 4.78 is 13.2. The number of carbonyl (C=O) groups excluding carboxylic acids is 1. The van der Waals surface area contributed by atoms with E-state index in [2.05, 4.69) is 27.2 Å². The fourth-order valence-electron chi connectivity index (χ4n) is 4.05. The highest BCUT2D eigenvalue weighted by molar-refractivity contribution is 5.92. The maximum atomic E-state index is 12.3. The smallest absolute Gasteiger partial charge is 0.267 e. The number of benzene rings is 2. The molecule has 0 atom stereocenters. The monoisotopic (exact) mass is 520 g/mol. The highest BCUT2D eigenvalue weighted by Crippen LogP contribution is 2.29. The van der Waals surface area contributed by atoms with E-state index in [1.54, 1.807) is 7.11 Å². The van der Waals surface area contributed by atoms with E-state index in [0.29, 0.717) is 18.8 Å². The number of hydrogen-bond donors (Lipinski definition) is 1. The zero-order chi connectivity index (χ0) is 23.0. The van der Waals surface area contributed by atoms with E-state index >= 15 is 0 Å². The van der Waals surface area contributed by atoms with Crippen LogP contribution in [0.4, 0.5) is 5.69 Å². The third kappa shape index (κ3) is 7.56. The van der Waals surface area contributed by atoms with Gasteiger partial charge in [0.15, 0.2) is 0 Å². The molecule has 1 amide bonds. The van der Waals surface area contributed by atoms with Crippen molar-refractivity contribution in [3.05, 3.63) is 78.1 Å². The number of carbonyl (C=O) groups is 1. The Kier molecular flexibility index (Phi) is 11.2. The quantitative estimate of drug-likeness (QED) is 0.461. The maximum absolute atomic E-state index is 12.3. The molecule has 1 aromatic heterocycles. The van der Waals surface area contributed by atoms with Gasteiger partial charge >= 0.3 is 0 Å². The number of halogens is 2. The van der Waals surface area contributed by atoms with Crippen molar-refractivity contribution in [3.63, 3.8) is 0 Å². The minimum Gasteiger partial charge on any atom is -0.497 e. The average molecular weight is 521 g/mol. The van der Waals surface area contributed by atoms with Gasteiger partial charge in [-0.3, -0.25) is 9.69 Å². The molecule has 9 heteroatoms. The fraction of sp³-hybridized carbons (Fsp3) is 0.346. The summed E-state index contributed by atoms with van der Waals surface area (Å²) in [5.74, 6) is 1.72. The first-order chi connectivity index (χ1) is 16.1. The second-order valence-electron chi connectivity index (χ2n) is 8.19. The lowest BCUT2D eigenvalue weighted by Crippen LogP contribution is -2.48. The van der Waals surface area contributed by atoms with Gasteiger partial charge in [0, 0.05) is 52.5 Å². The molecule has 1 N–H and O–H groups in total. The van der Waals surface area contributed by atoms with Crippen LogP contribution in [0.25, 0.3) is 0 Å². The number of methoxy groups -OCH3 is 1. The number of rotatable bonds is 9. The van der Waals surface area contributed by atoms with Crippen LogP contribution < -0.4 is 19.7 Å². The molecule has 0 aliphatic carbocycles. The largest absolute Gasteiger partial charge is 0.497 e. The molecule has 0 radical (unpaired) electrons. The van der Waals surface area contributed by atoms with Gasteiger partial charge in [-0.25, -0.2) is 0 Å². The number of aromatic nitrogens is 1. The van der Waals surface area contributed by atoms with Gasteiger partial charge in [0.05, 0.1) is 12.8 Å². The van der Waals surface area contributed by atoms with Crippen molar-refractivity contribution in [2.45, 2.75) is 6.61 Å². The standard InChI is InChI=1S/C26H32N4O3.2ClH/c1-28-14-5-7-24(28)26(31)27-13-15-29-16-18-30(19-17-29)23-6-3-4-8-25(23)33-20-21-9-11-22(32-2)12-10-21;;/h3-12,14H,13,15-20H2,1-2H3,(H,27,31);2*1H. The number of aryl methyl sites for hydroxylation is 1. The Bertz CT molecular complexity index is 1050. The number of nitrogens with zero attached hydrogens (tertiary/aromatic N) is 3. The number of ether oxygens (including phenoxy) is 2. The normalized spacial score (nSPS) is 13.4. The molecule has 2 aromatic carbocycles. The first-order valence-corrected chi connectivity index (χ1v) is 11.4. The summed E-state index contributed by atoms with van der Waals surface area (Å²) in [6, 6.07) is 19.9. The molecule has 0 bridgehead atoms. The van der Waals surface area contributed by atoms with Crippen molar-refractivity contribution in [1.82, 2.24) is 14.8 Å². The highest BCUT2D eigenvalue weighted by atomic mass is 35.5. The molecule has 2 heterocycles. The van der Waals surface area contributed by atoms with Gasteiger partial charge < -0.3 is 24.3 Å². The number of anilines is 1. The highest BCUT2D eigenvalue weighted by Gasteiger charge is 2.20. The van der Waals surface area contributed by atoms with Crippen molar-refractivity contribution in [2.75, 3.05) is 51.3 Å². The van der Waals surface area contributed by atoms with Crippen LogP contribution in [0.15, 0.2) is 66.9 Å². The number of piperazine rings is 1. The van der Waals surface area contributed by atoms with Gasteiger partial charge in [-0.15, -0.1) is 24.8 Å². The van der Waals surface area contributed by atoms with Gasteiger partial charge in [-0.1, -0.05) is 24.3 Å². The summed E-state index contributed by atoms with van der Waals surface area (Å²) in [5.41, 5.74) is 2.92. The summed E-state index contributed by atoms with van der Waals surface area (Å²) in [7, 11) is 3.55. The van der Waals surface area contributed by atoms with Crippen molar-refractivity contribution in [3.8, 4) is 11.5 Å². The first kappa shape index (κ1) is 28.4. The number of nitrogens with one attached hydrogen (secondary N) is 1. The van der Waals surface area contributed by atoms with Crippen molar-refractivity contribution in [2.24, 2.45) is 7.05 Å². The van der Waals surface area contributed by atoms with Crippen LogP contribution in [0.2, 0.25) is 0 Å². The number of para-hydroxylation sites is 2. The van der Waals surface area contributed by atoms with E-state index in [0.717, 1.165) is 55.5 Å². The molecular formula is C26H34Cl2N4O3. The molecule has 7 nitrogen and oxygen atoms in total. The van der Waals surface area contributed by atoms with E-state index in [9.17, 15) is 4.79 Å². The Balaban J connectivity index is 0.00000216. The second-order valence-corrected chi connectivity index (χ2v) is 8.19. The van der Waals surface area contributed by atoms with Gasteiger partial charge in [-0.2, -0.15) is 0 Å². The van der Waals surface area contributed by atoms with E-state index < -0.39 is 0 Å². The van der Waals surface area contributed by atoms with Crippen LogP contribution in [0, 0.1) is 0 Å². The molecule has 0 saturated carbocycles.